The van der Waals surface area contributed by atoms with Gasteiger partial charge in [0.1, 0.15) is 11.6 Å². The van der Waals surface area contributed by atoms with Gasteiger partial charge in [0.2, 0.25) is 10.0 Å². The minimum atomic E-state index is -3.34. The predicted molar refractivity (Wildman–Crippen MR) is 84.7 cm³/mol. The van der Waals surface area contributed by atoms with Gasteiger partial charge >= 0.3 is 0 Å². The van der Waals surface area contributed by atoms with Crippen LogP contribution in [0.1, 0.15) is 6.92 Å². The van der Waals surface area contributed by atoms with Crippen LogP contribution in [0.25, 0.3) is 11.3 Å². The molecule has 1 atom stereocenters. The van der Waals surface area contributed by atoms with E-state index in [-0.39, 0.29) is 11.4 Å². The molecule has 0 amide bonds. The first-order chi connectivity index (χ1) is 10.3. The van der Waals surface area contributed by atoms with Crippen LogP contribution in [0.15, 0.2) is 41.0 Å². The van der Waals surface area contributed by atoms with Crippen molar-refractivity contribution in [2.24, 2.45) is 0 Å². The molecule has 22 heavy (non-hydrogen) atoms. The maximum absolute atomic E-state index is 14.1. The first-order valence-corrected chi connectivity index (χ1v) is 8.40. The maximum atomic E-state index is 14.1. The molecule has 0 radical (unpaired) electrons. The van der Waals surface area contributed by atoms with Crippen LogP contribution in [0, 0.1) is 5.82 Å². The topological polar surface area (TPSA) is 62.6 Å². The second-order valence-electron chi connectivity index (χ2n) is 5.28. The fourth-order valence-electron chi connectivity index (χ4n) is 2.00. The largest absolute Gasteiger partial charge is 0.464 e. The van der Waals surface area contributed by atoms with Gasteiger partial charge in [0, 0.05) is 25.7 Å². The van der Waals surface area contributed by atoms with Crippen molar-refractivity contribution in [3.05, 3.63) is 42.4 Å². The van der Waals surface area contributed by atoms with Crippen LogP contribution in [0.3, 0.4) is 0 Å². The number of halogens is 1. The minimum Gasteiger partial charge on any atom is -0.464 e. The van der Waals surface area contributed by atoms with E-state index in [0.717, 1.165) is 4.31 Å². The average Bonchev–Trinajstić information content (AvgIpc) is 2.94. The summed E-state index contributed by atoms with van der Waals surface area (Å²) >= 11 is 0. The van der Waals surface area contributed by atoms with Crippen LogP contribution in [0.5, 0.6) is 0 Å². The third-order valence-corrected chi connectivity index (χ3v) is 5.23. The van der Waals surface area contributed by atoms with Gasteiger partial charge in [-0.1, -0.05) is 0 Å². The Morgan fingerprint density at radius 2 is 2.05 bits per heavy atom. The van der Waals surface area contributed by atoms with Gasteiger partial charge in [-0.15, -0.1) is 0 Å². The molecular formula is C15H19FN2O3S. The molecule has 7 heteroatoms. The number of benzene rings is 1. The first-order valence-electron chi connectivity index (χ1n) is 6.80. The lowest BCUT2D eigenvalue weighted by atomic mass is 10.1. The van der Waals surface area contributed by atoms with Crippen LogP contribution in [-0.2, 0) is 10.0 Å². The number of sulfonamides is 1. The fourth-order valence-corrected chi connectivity index (χ4v) is 3.01. The Labute approximate surface area is 129 Å². The lowest BCUT2D eigenvalue weighted by molar-refractivity contribution is 0.517. The molecule has 0 aliphatic rings. The second-order valence-corrected chi connectivity index (χ2v) is 7.51. The minimum absolute atomic E-state index is 0.112. The predicted octanol–water partition coefficient (Wildman–Crippen LogP) is 2.78. The highest BCUT2D eigenvalue weighted by Crippen LogP contribution is 2.25. The Hall–Kier alpha value is -1.86. The van der Waals surface area contributed by atoms with Crippen molar-refractivity contribution in [1.82, 2.24) is 4.31 Å². The molecule has 0 fully saturated rings. The van der Waals surface area contributed by atoms with E-state index in [1.807, 2.05) is 0 Å². The SMILES string of the molecule is CC(CS(=O)(=O)N(C)C)Nc1ccc(-c2ccco2)cc1F. The van der Waals surface area contributed by atoms with Crippen molar-refractivity contribution in [3.8, 4) is 11.3 Å². The van der Waals surface area contributed by atoms with Crippen LogP contribution < -0.4 is 5.32 Å². The van der Waals surface area contributed by atoms with Crippen LogP contribution >= 0.6 is 0 Å². The monoisotopic (exact) mass is 326 g/mol. The molecule has 5 nitrogen and oxygen atoms in total. The summed E-state index contributed by atoms with van der Waals surface area (Å²) < 4.78 is 44.1. The number of anilines is 1. The Morgan fingerprint density at radius 1 is 1.32 bits per heavy atom. The Bertz CT molecular complexity index is 727. The van der Waals surface area contributed by atoms with E-state index < -0.39 is 21.9 Å². The van der Waals surface area contributed by atoms with Gasteiger partial charge in [0.25, 0.3) is 0 Å². The van der Waals surface area contributed by atoms with E-state index in [4.69, 9.17) is 4.42 Å². The van der Waals surface area contributed by atoms with E-state index in [1.165, 1.54) is 26.4 Å². The van der Waals surface area contributed by atoms with E-state index in [2.05, 4.69) is 5.32 Å². The first kappa shape index (κ1) is 16.5. The molecule has 0 bridgehead atoms. The molecule has 2 aromatic rings. The number of nitrogens with zero attached hydrogens (tertiary/aromatic N) is 1. The number of hydrogen-bond donors (Lipinski definition) is 1. The molecule has 0 spiro atoms. The summed E-state index contributed by atoms with van der Waals surface area (Å²) in [5.74, 6) is 0.0102. The lowest BCUT2D eigenvalue weighted by Crippen LogP contribution is -2.33. The van der Waals surface area contributed by atoms with Crippen LogP contribution in [0.4, 0.5) is 10.1 Å². The van der Waals surface area contributed by atoms with Gasteiger partial charge in [-0.2, -0.15) is 0 Å². The number of nitrogens with one attached hydrogen (secondary N) is 1. The number of hydrogen-bond acceptors (Lipinski definition) is 4. The summed E-state index contributed by atoms with van der Waals surface area (Å²) in [4.78, 5) is 0. The molecule has 1 N–H and O–H groups in total. The maximum Gasteiger partial charge on any atom is 0.215 e. The molecule has 0 aliphatic carbocycles. The van der Waals surface area contributed by atoms with Crippen molar-refractivity contribution in [2.45, 2.75) is 13.0 Å². The quantitative estimate of drug-likeness (QED) is 0.886. The average molecular weight is 326 g/mol. The van der Waals surface area contributed by atoms with Crippen LogP contribution in [0.2, 0.25) is 0 Å². The fraction of sp³-hybridized carbons (Fsp3) is 0.333. The van der Waals surface area contributed by atoms with Crippen molar-refractivity contribution in [1.29, 1.82) is 0 Å². The van der Waals surface area contributed by atoms with Crippen molar-refractivity contribution in [2.75, 3.05) is 25.2 Å². The van der Waals surface area contributed by atoms with E-state index in [9.17, 15) is 12.8 Å². The summed E-state index contributed by atoms with van der Waals surface area (Å²) in [5.41, 5.74) is 0.887. The van der Waals surface area contributed by atoms with Gasteiger partial charge < -0.3 is 9.73 Å². The van der Waals surface area contributed by atoms with Gasteiger partial charge in [0.15, 0.2) is 0 Å². The van der Waals surface area contributed by atoms with Crippen molar-refractivity contribution >= 4 is 15.7 Å². The summed E-state index contributed by atoms with van der Waals surface area (Å²) in [6.07, 6.45) is 1.52. The molecule has 0 saturated heterocycles. The van der Waals surface area contributed by atoms with E-state index in [0.29, 0.717) is 11.3 Å². The third-order valence-electron chi connectivity index (χ3n) is 3.19. The Morgan fingerprint density at radius 3 is 2.59 bits per heavy atom. The van der Waals surface area contributed by atoms with Gasteiger partial charge in [0.05, 0.1) is 17.7 Å². The second kappa shape index (κ2) is 6.50. The highest BCUT2D eigenvalue weighted by atomic mass is 32.2. The molecule has 1 heterocycles. The molecule has 0 saturated carbocycles. The highest BCUT2D eigenvalue weighted by molar-refractivity contribution is 7.89. The molecular weight excluding hydrogens is 307 g/mol. The van der Waals surface area contributed by atoms with Crippen LogP contribution in [-0.4, -0.2) is 38.6 Å². The molecule has 2 rings (SSSR count). The van der Waals surface area contributed by atoms with Gasteiger partial charge in [-0.05, 0) is 37.3 Å². The smallest absolute Gasteiger partial charge is 0.215 e. The normalized spacial score (nSPS) is 13.3. The zero-order chi connectivity index (χ0) is 16.3. The number of furan rings is 1. The molecule has 1 aromatic carbocycles. The van der Waals surface area contributed by atoms with E-state index in [1.54, 1.807) is 31.2 Å². The van der Waals surface area contributed by atoms with Crippen molar-refractivity contribution < 1.29 is 17.2 Å². The van der Waals surface area contributed by atoms with Gasteiger partial charge in [-0.3, -0.25) is 0 Å². The standard InChI is InChI=1S/C15H19FN2O3S/c1-11(10-22(19,20)18(2)3)17-14-7-6-12(9-13(14)16)15-5-4-8-21-15/h4-9,11,17H,10H2,1-3H3. The Balaban J connectivity index is 2.11. The summed E-state index contributed by atoms with van der Waals surface area (Å²) in [5, 5.41) is 2.88. The summed E-state index contributed by atoms with van der Waals surface area (Å²) in [7, 11) is -0.395. The van der Waals surface area contributed by atoms with Crippen molar-refractivity contribution in [3.63, 3.8) is 0 Å². The molecule has 1 unspecified atom stereocenters. The Kier molecular flexibility index (Phi) is 4.87. The summed E-state index contributed by atoms with van der Waals surface area (Å²) in [6, 6.07) is 7.70. The summed E-state index contributed by atoms with van der Waals surface area (Å²) in [6.45, 7) is 1.70. The third kappa shape index (κ3) is 3.86. The molecule has 1 aromatic heterocycles. The number of rotatable bonds is 6. The zero-order valence-corrected chi connectivity index (χ0v) is 13.5. The highest BCUT2D eigenvalue weighted by Gasteiger charge is 2.19. The molecule has 120 valence electrons. The lowest BCUT2D eigenvalue weighted by Gasteiger charge is -2.18. The zero-order valence-electron chi connectivity index (χ0n) is 12.7. The van der Waals surface area contributed by atoms with Gasteiger partial charge in [-0.25, -0.2) is 17.1 Å². The van der Waals surface area contributed by atoms with E-state index >= 15 is 0 Å². The molecule has 0 aliphatic heterocycles.